The van der Waals surface area contributed by atoms with Crippen molar-refractivity contribution in [1.82, 2.24) is 9.47 Å². The van der Waals surface area contributed by atoms with Crippen molar-refractivity contribution in [2.75, 3.05) is 38.3 Å². The molecule has 0 saturated carbocycles. The molecular weight excluding hydrogens is 595 g/mol. The van der Waals surface area contributed by atoms with Gasteiger partial charge in [0, 0.05) is 23.9 Å². The van der Waals surface area contributed by atoms with E-state index in [1.807, 2.05) is 0 Å². The number of alkyl halides is 3. The number of aromatic nitrogens is 1. The molecule has 2 aromatic carbocycles. The van der Waals surface area contributed by atoms with Gasteiger partial charge < -0.3 is 14.4 Å². The van der Waals surface area contributed by atoms with Gasteiger partial charge in [0.05, 0.1) is 42.5 Å². The first-order valence-corrected chi connectivity index (χ1v) is 14.7. The quantitative estimate of drug-likeness (QED) is 0.403. The Labute approximate surface area is 245 Å². The Hall–Kier alpha value is -3.62. The number of nitrogens with zero attached hydrogens (tertiary/aromatic N) is 3. The van der Waals surface area contributed by atoms with E-state index in [0.717, 1.165) is 46.2 Å². The van der Waals surface area contributed by atoms with Gasteiger partial charge in [-0.3, -0.25) is 23.7 Å². The molecule has 14 heteroatoms. The van der Waals surface area contributed by atoms with E-state index in [9.17, 15) is 32.3 Å². The van der Waals surface area contributed by atoms with Crippen molar-refractivity contribution in [3.63, 3.8) is 0 Å². The normalized spacial score (nSPS) is 22.2. The zero-order valence-electron chi connectivity index (χ0n) is 22.1. The van der Waals surface area contributed by atoms with Crippen molar-refractivity contribution in [2.45, 2.75) is 28.9 Å². The predicted octanol–water partition coefficient (Wildman–Crippen LogP) is 3.59. The summed E-state index contributed by atoms with van der Waals surface area (Å²) in [6.45, 7) is 1.32. The van der Waals surface area contributed by atoms with Gasteiger partial charge in [-0.2, -0.15) is 13.2 Å². The van der Waals surface area contributed by atoms with Crippen LogP contribution in [0, 0.1) is 5.92 Å². The number of thioether (sulfide) groups is 1. The van der Waals surface area contributed by atoms with E-state index in [0.29, 0.717) is 47.5 Å². The molecule has 0 aliphatic carbocycles. The largest absolute Gasteiger partial charge is 0.497 e. The van der Waals surface area contributed by atoms with Gasteiger partial charge >= 0.3 is 11.0 Å². The van der Waals surface area contributed by atoms with Gasteiger partial charge in [0.15, 0.2) is 0 Å². The predicted molar refractivity (Wildman–Crippen MR) is 148 cm³/mol. The number of methoxy groups -OCH3 is 1. The third kappa shape index (κ3) is 4.90. The Morgan fingerprint density at radius 3 is 2.43 bits per heavy atom. The lowest BCUT2D eigenvalue weighted by molar-refractivity contribution is -0.138. The lowest BCUT2D eigenvalue weighted by atomic mass is 9.83. The summed E-state index contributed by atoms with van der Waals surface area (Å²) in [5.41, 5.74) is -0.525. The van der Waals surface area contributed by atoms with Crippen LogP contribution in [0.4, 0.5) is 18.9 Å². The summed E-state index contributed by atoms with van der Waals surface area (Å²) < 4.78 is 52.3. The summed E-state index contributed by atoms with van der Waals surface area (Å²) in [4.78, 5) is 56.6. The highest BCUT2D eigenvalue weighted by Crippen LogP contribution is 2.54. The highest BCUT2D eigenvalue weighted by Gasteiger charge is 2.57. The molecule has 0 radical (unpaired) electrons. The second-order valence-corrected chi connectivity index (χ2v) is 12.1. The summed E-state index contributed by atoms with van der Waals surface area (Å²) in [6, 6.07) is 11.0. The van der Waals surface area contributed by atoms with Crippen LogP contribution in [0.25, 0.3) is 0 Å². The summed E-state index contributed by atoms with van der Waals surface area (Å²) >= 11 is 1.91. The smallest absolute Gasteiger partial charge is 0.416 e. The minimum Gasteiger partial charge on any atom is -0.497 e. The lowest BCUT2D eigenvalue weighted by Crippen LogP contribution is -2.43. The summed E-state index contributed by atoms with van der Waals surface area (Å²) in [5, 5.41) is -0.619. The molecule has 220 valence electrons. The van der Waals surface area contributed by atoms with Crippen molar-refractivity contribution in [3.8, 4) is 5.75 Å². The van der Waals surface area contributed by atoms with Crippen LogP contribution in [0.3, 0.4) is 0 Å². The van der Waals surface area contributed by atoms with Crippen molar-refractivity contribution in [1.29, 1.82) is 0 Å². The van der Waals surface area contributed by atoms with E-state index >= 15 is 0 Å². The number of ether oxygens (including phenoxy) is 2. The van der Waals surface area contributed by atoms with Crippen LogP contribution in [-0.2, 0) is 31.8 Å². The molecule has 0 spiro atoms. The molecule has 3 aromatic rings. The molecular formula is C28H24F3N3O6S2. The van der Waals surface area contributed by atoms with Crippen LogP contribution in [0.15, 0.2) is 58.4 Å². The van der Waals surface area contributed by atoms with Gasteiger partial charge in [-0.05, 0) is 35.9 Å². The molecule has 3 atom stereocenters. The van der Waals surface area contributed by atoms with Crippen LogP contribution < -0.4 is 14.5 Å². The Bertz CT molecular complexity index is 1610. The fourth-order valence-electron chi connectivity index (χ4n) is 5.55. The zero-order chi connectivity index (χ0) is 29.8. The molecule has 42 heavy (non-hydrogen) atoms. The average Bonchev–Trinajstić information content (AvgIpc) is 3.43. The van der Waals surface area contributed by atoms with Gasteiger partial charge in [0.1, 0.15) is 17.5 Å². The number of anilines is 1. The molecule has 3 amide bonds. The minimum atomic E-state index is -4.66. The number of rotatable bonds is 5. The van der Waals surface area contributed by atoms with E-state index < -0.39 is 45.5 Å². The fraction of sp³-hybridized carbons (Fsp3) is 0.357. The maximum absolute atomic E-state index is 13.9. The maximum Gasteiger partial charge on any atom is 0.416 e. The third-order valence-corrected chi connectivity index (χ3v) is 10.2. The highest BCUT2D eigenvalue weighted by atomic mass is 32.2. The standard InChI is InChI=1S/C28H24F3N3O6S2/c1-39-18-7-5-15(6-8-18)20-21-22(25(37)34(24(21)36)17-4-2-3-16(13-17)28(29,30)31)41-26-23(20)42-27(38)33(26)14-19(35)32-9-11-40-12-10-32/h2-8,13,20-22H,9-12,14H2,1H3/t20-,21-,22+/m0/s1. The van der Waals surface area contributed by atoms with Gasteiger partial charge in [0.25, 0.3) is 0 Å². The molecule has 0 N–H and O–H groups in total. The van der Waals surface area contributed by atoms with Crippen LogP contribution in [-0.4, -0.2) is 65.9 Å². The van der Waals surface area contributed by atoms with E-state index in [1.165, 1.54) is 17.7 Å². The van der Waals surface area contributed by atoms with E-state index in [1.54, 1.807) is 29.2 Å². The summed E-state index contributed by atoms with van der Waals surface area (Å²) in [7, 11) is 1.50. The Kier molecular flexibility index (Phi) is 7.39. The molecule has 0 unspecified atom stereocenters. The van der Waals surface area contributed by atoms with Crippen LogP contribution in [0.5, 0.6) is 5.75 Å². The zero-order valence-corrected chi connectivity index (χ0v) is 23.8. The number of amides is 3. The number of benzene rings is 2. The number of fused-ring (bicyclic) bond motifs is 2. The highest BCUT2D eigenvalue weighted by molar-refractivity contribution is 8.00. The molecule has 2 saturated heterocycles. The Morgan fingerprint density at radius 2 is 1.76 bits per heavy atom. The number of halogens is 3. The van der Waals surface area contributed by atoms with Gasteiger partial charge in [-0.15, -0.1) is 0 Å². The third-order valence-electron chi connectivity index (χ3n) is 7.61. The van der Waals surface area contributed by atoms with Crippen LogP contribution in [0.2, 0.25) is 0 Å². The van der Waals surface area contributed by atoms with Crippen LogP contribution in [0.1, 0.15) is 21.9 Å². The number of morpholine rings is 1. The minimum absolute atomic E-state index is 0.174. The van der Waals surface area contributed by atoms with Gasteiger partial charge in [-0.25, -0.2) is 4.90 Å². The molecule has 4 heterocycles. The molecule has 3 aliphatic rings. The Balaban J connectivity index is 1.43. The van der Waals surface area contributed by atoms with E-state index in [4.69, 9.17) is 9.47 Å². The number of imide groups is 1. The van der Waals surface area contributed by atoms with Gasteiger partial charge in [0.2, 0.25) is 17.7 Å². The monoisotopic (exact) mass is 619 g/mol. The fourth-order valence-corrected chi connectivity index (χ4v) is 8.32. The van der Waals surface area contributed by atoms with Gasteiger partial charge in [-0.1, -0.05) is 41.3 Å². The van der Waals surface area contributed by atoms with Crippen molar-refractivity contribution >= 4 is 46.5 Å². The number of hydrogen-bond donors (Lipinski definition) is 0. The number of thiazole rings is 1. The summed E-state index contributed by atoms with van der Waals surface area (Å²) in [6.07, 6.45) is -4.66. The van der Waals surface area contributed by atoms with Crippen LogP contribution >= 0.6 is 23.1 Å². The number of carbonyl (C=O) groups is 3. The first kappa shape index (κ1) is 28.5. The maximum atomic E-state index is 13.9. The Morgan fingerprint density at radius 1 is 1.05 bits per heavy atom. The lowest BCUT2D eigenvalue weighted by Gasteiger charge is -2.31. The topological polar surface area (TPSA) is 98.2 Å². The first-order valence-electron chi connectivity index (χ1n) is 13.0. The first-order chi connectivity index (χ1) is 20.1. The average molecular weight is 620 g/mol. The summed E-state index contributed by atoms with van der Waals surface area (Å²) in [5.74, 6) is -2.78. The molecule has 6 rings (SSSR count). The SMILES string of the molecule is COc1ccc([C@@H]2c3sc(=O)n(CC(=O)N4CCOCC4)c3S[C@H]3C(=O)N(c4cccc(C(F)(F)F)c4)C(=O)[C@@H]23)cc1. The van der Waals surface area contributed by atoms with E-state index in [2.05, 4.69) is 0 Å². The van der Waals surface area contributed by atoms with Crippen molar-refractivity contribution in [2.24, 2.45) is 5.92 Å². The second-order valence-electron chi connectivity index (χ2n) is 9.99. The van der Waals surface area contributed by atoms with Crippen molar-refractivity contribution in [3.05, 3.63) is 74.2 Å². The molecule has 2 fully saturated rings. The molecule has 1 aromatic heterocycles. The number of hydrogen-bond acceptors (Lipinski definition) is 8. The molecule has 9 nitrogen and oxygen atoms in total. The van der Waals surface area contributed by atoms with E-state index in [-0.39, 0.29) is 18.1 Å². The second kappa shape index (κ2) is 10.9. The molecule has 3 aliphatic heterocycles. The number of carbonyl (C=O) groups excluding carboxylic acids is 3. The molecule has 0 bridgehead atoms. The van der Waals surface area contributed by atoms with Crippen molar-refractivity contribution < 1.29 is 37.0 Å².